The number of hydrogen-bond acceptors (Lipinski definition) is 6. The van der Waals surface area contributed by atoms with Crippen LogP contribution in [-0.4, -0.2) is 31.6 Å². The van der Waals surface area contributed by atoms with Crippen molar-refractivity contribution in [3.63, 3.8) is 0 Å². The number of primary amides is 1. The van der Waals surface area contributed by atoms with E-state index < -0.39 is 60.3 Å². The predicted molar refractivity (Wildman–Crippen MR) is 171 cm³/mol. The lowest BCUT2D eigenvalue weighted by Gasteiger charge is -2.23. The number of benzene rings is 2. The molecule has 3 N–H and O–H groups in total. The molecule has 3 aromatic heterocycles. The molecule has 9 nitrogen and oxygen atoms in total. The molecule has 2 amide bonds. The van der Waals surface area contributed by atoms with Gasteiger partial charge in [0.2, 0.25) is 5.91 Å². The van der Waals surface area contributed by atoms with Crippen LogP contribution in [0.25, 0.3) is 11.1 Å². The number of amides is 2. The Hall–Kier alpha value is -5.50. The Bertz CT molecular complexity index is 2020. The highest BCUT2D eigenvalue weighted by Gasteiger charge is 2.42. The van der Waals surface area contributed by atoms with Gasteiger partial charge in [-0.05, 0) is 85.7 Å². The normalized spacial score (nSPS) is 13.5. The van der Waals surface area contributed by atoms with Gasteiger partial charge in [0.15, 0.2) is 0 Å². The van der Waals surface area contributed by atoms with Gasteiger partial charge in [0.25, 0.3) is 5.91 Å². The lowest BCUT2D eigenvalue weighted by Crippen LogP contribution is -2.35. The van der Waals surface area contributed by atoms with Crippen LogP contribution in [-0.2, 0) is 48.1 Å². The van der Waals surface area contributed by atoms with Gasteiger partial charge in [-0.25, -0.2) is 13.2 Å². The van der Waals surface area contributed by atoms with Crippen molar-refractivity contribution in [2.45, 2.75) is 57.4 Å². The highest BCUT2D eigenvalue weighted by Crippen LogP contribution is 2.37. The first kappa shape index (κ1) is 34.4. The molecule has 3 heterocycles. The number of carbonyl (C=O) groups is 2. The molecule has 0 aliphatic heterocycles. The summed E-state index contributed by atoms with van der Waals surface area (Å²) < 4.78 is 80.5. The summed E-state index contributed by atoms with van der Waals surface area (Å²) >= 11 is 0. The van der Waals surface area contributed by atoms with Gasteiger partial charge in [-0.1, -0.05) is 18.2 Å². The fourth-order valence-electron chi connectivity index (χ4n) is 6.14. The van der Waals surface area contributed by atoms with Gasteiger partial charge in [-0.15, -0.1) is 0 Å². The number of ether oxygens (including phenoxy) is 1. The number of nitrogens with two attached hydrogens (primary N) is 1. The molecule has 0 saturated heterocycles. The van der Waals surface area contributed by atoms with Crippen molar-refractivity contribution in [2.24, 2.45) is 5.73 Å². The SMILES string of the molecule is NC(=O)c1cc(-c2cccnc2[C@H](Cc2cc(F)cc(F)c2)NC(=O)Cn2nc3c(c2C(F)(F)OCc2ccccn2)CCCC3)ccc1F. The number of aryl methyl sites for hydroxylation is 1. The Kier molecular flexibility index (Phi) is 10.00. The standard InChI is InChI=1S/C36H31F5N6O3/c37-23-14-21(15-24(38)18-23)16-31(33-26(8-5-13-44-33)22-10-11-29(39)28(17-22)35(42)49)45-32(48)19-47-34(27-7-1-2-9-30(27)46-47)36(40,41)50-20-25-6-3-4-12-43-25/h3-6,8,10-15,17-18,31H,1-2,7,9,16,19-20H2,(H2,42,49)(H,45,48)/t31-/m0/s1. The van der Waals surface area contributed by atoms with Gasteiger partial charge in [0.05, 0.1) is 35.3 Å². The van der Waals surface area contributed by atoms with Gasteiger partial charge >= 0.3 is 6.11 Å². The van der Waals surface area contributed by atoms with Gasteiger partial charge in [-0.2, -0.15) is 13.9 Å². The number of aromatic nitrogens is 4. The highest BCUT2D eigenvalue weighted by atomic mass is 19.3. The minimum Gasteiger partial charge on any atom is -0.366 e. The minimum atomic E-state index is -3.83. The molecule has 1 aliphatic rings. The zero-order valence-electron chi connectivity index (χ0n) is 26.5. The molecule has 14 heteroatoms. The van der Waals surface area contributed by atoms with Crippen molar-refractivity contribution in [2.75, 3.05) is 0 Å². The van der Waals surface area contributed by atoms with E-state index in [2.05, 4.69) is 20.4 Å². The van der Waals surface area contributed by atoms with Gasteiger partial charge < -0.3 is 15.8 Å². The summed E-state index contributed by atoms with van der Waals surface area (Å²) in [6.07, 6.45) is 1.04. The minimum absolute atomic E-state index is 0.158. The van der Waals surface area contributed by atoms with Gasteiger partial charge in [0.1, 0.15) is 29.7 Å². The van der Waals surface area contributed by atoms with Crippen LogP contribution in [0.15, 0.2) is 79.1 Å². The number of alkyl halides is 2. The summed E-state index contributed by atoms with van der Waals surface area (Å²) in [6.45, 7) is -1.14. The maximum atomic E-state index is 15.8. The van der Waals surface area contributed by atoms with Crippen molar-refractivity contribution in [3.05, 3.63) is 136 Å². The summed E-state index contributed by atoms with van der Waals surface area (Å²) in [6, 6.07) is 13.5. The van der Waals surface area contributed by atoms with Crippen LogP contribution in [0.3, 0.4) is 0 Å². The van der Waals surface area contributed by atoms with Crippen LogP contribution < -0.4 is 11.1 Å². The van der Waals surface area contributed by atoms with Crippen LogP contribution in [0.5, 0.6) is 0 Å². The molecule has 5 aromatic rings. The van der Waals surface area contributed by atoms with Crippen molar-refractivity contribution in [1.82, 2.24) is 25.1 Å². The van der Waals surface area contributed by atoms with Crippen molar-refractivity contribution in [1.29, 1.82) is 0 Å². The number of carbonyl (C=O) groups excluding carboxylic acids is 2. The molecule has 0 unspecified atom stereocenters. The van der Waals surface area contributed by atoms with E-state index in [-0.39, 0.29) is 28.9 Å². The topological polar surface area (TPSA) is 125 Å². The lowest BCUT2D eigenvalue weighted by atomic mass is 9.94. The fourth-order valence-corrected chi connectivity index (χ4v) is 6.14. The summed E-state index contributed by atoms with van der Waals surface area (Å²) in [5.41, 5.74) is 6.51. The van der Waals surface area contributed by atoms with E-state index in [1.54, 1.807) is 30.3 Å². The third-order valence-corrected chi connectivity index (χ3v) is 8.33. The van der Waals surface area contributed by atoms with Crippen molar-refractivity contribution < 1.29 is 36.3 Å². The highest BCUT2D eigenvalue weighted by molar-refractivity contribution is 5.94. The maximum absolute atomic E-state index is 15.8. The molecule has 50 heavy (non-hydrogen) atoms. The first-order chi connectivity index (χ1) is 24.0. The second kappa shape index (κ2) is 14.5. The van der Waals surface area contributed by atoms with E-state index in [0.717, 1.165) is 29.3 Å². The average Bonchev–Trinajstić information content (AvgIpc) is 3.46. The second-order valence-electron chi connectivity index (χ2n) is 11.9. The monoisotopic (exact) mass is 690 g/mol. The third kappa shape index (κ3) is 7.70. The lowest BCUT2D eigenvalue weighted by molar-refractivity contribution is -0.261. The molecule has 0 saturated carbocycles. The summed E-state index contributed by atoms with van der Waals surface area (Å²) in [5, 5.41) is 7.16. The summed E-state index contributed by atoms with van der Waals surface area (Å²) in [7, 11) is 0. The van der Waals surface area contributed by atoms with E-state index in [4.69, 9.17) is 10.5 Å². The maximum Gasteiger partial charge on any atom is 0.400 e. The first-order valence-corrected chi connectivity index (χ1v) is 15.8. The van der Waals surface area contributed by atoms with E-state index in [1.165, 1.54) is 24.5 Å². The Labute approximate surface area is 283 Å². The first-order valence-electron chi connectivity index (χ1n) is 15.8. The van der Waals surface area contributed by atoms with Crippen molar-refractivity contribution in [3.8, 4) is 11.1 Å². The Morgan fingerprint density at radius 1 is 0.940 bits per heavy atom. The molecule has 1 aliphatic carbocycles. The molecule has 2 aromatic carbocycles. The fraction of sp³-hybridized carbons (Fsp3) is 0.250. The summed E-state index contributed by atoms with van der Waals surface area (Å²) in [4.78, 5) is 34.1. The molecule has 1 atom stereocenters. The number of halogens is 5. The van der Waals surface area contributed by atoms with Gasteiger partial charge in [0, 0.05) is 29.6 Å². The summed E-state index contributed by atoms with van der Waals surface area (Å²) in [5.74, 6) is -4.31. The van der Waals surface area contributed by atoms with Crippen LogP contribution in [0.1, 0.15) is 63.1 Å². The van der Waals surface area contributed by atoms with Crippen LogP contribution in [0.4, 0.5) is 22.0 Å². The number of hydrogen-bond donors (Lipinski definition) is 2. The largest absolute Gasteiger partial charge is 0.400 e. The van der Waals surface area contributed by atoms with E-state index >= 15 is 8.78 Å². The Morgan fingerprint density at radius 3 is 2.44 bits per heavy atom. The smallest absolute Gasteiger partial charge is 0.366 e. The van der Waals surface area contributed by atoms with Crippen molar-refractivity contribution >= 4 is 11.8 Å². The van der Waals surface area contributed by atoms with Crippen LogP contribution in [0, 0.1) is 17.5 Å². The molecule has 6 rings (SSSR count). The number of fused-ring (bicyclic) bond motifs is 1. The third-order valence-electron chi connectivity index (χ3n) is 8.33. The molecule has 0 spiro atoms. The molecule has 258 valence electrons. The quantitative estimate of drug-likeness (QED) is 0.153. The van der Waals surface area contributed by atoms with Gasteiger partial charge in [-0.3, -0.25) is 24.2 Å². The number of rotatable bonds is 12. The zero-order valence-corrected chi connectivity index (χ0v) is 26.5. The molecule has 0 bridgehead atoms. The Balaban J connectivity index is 1.34. The van der Waals surface area contributed by atoms with Crippen LogP contribution in [0.2, 0.25) is 0 Å². The van der Waals surface area contributed by atoms with E-state index in [0.29, 0.717) is 47.7 Å². The molecule has 0 radical (unpaired) electrons. The van der Waals surface area contributed by atoms with E-state index in [9.17, 15) is 22.8 Å². The predicted octanol–water partition coefficient (Wildman–Crippen LogP) is 6.10. The second-order valence-corrected chi connectivity index (χ2v) is 11.9. The molecular weight excluding hydrogens is 659 g/mol. The van der Waals surface area contributed by atoms with E-state index in [1.807, 2.05) is 0 Å². The molecule has 0 fully saturated rings. The number of nitrogens with zero attached hydrogens (tertiary/aromatic N) is 4. The zero-order chi connectivity index (χ0) is 35.4. The van der Waals surface area contributed by atoms with Crippen LogP contribution >= 0.6 is 0 Å². The Morgan fingerprint density at radius 2 is 1.70 bits per heavy atom. The number of pyridine rings is 2. The average molecular weight is 691 g/mol. The molecular formula is C36H31F5N6O3. The number of nitrogens with one attached hydrogen (secondary N) is 1.